The molecule has 0 fully saturated rings. The SMILES string of the molecule is COC(=O)c1c(NC(=O)CCCCl)sc(C(=O)N(C)C)c1C. The van der Waals surface area contributed by atoms with Crippen molar-refractivity contribution in [3.05, 3.63) is 16.0 Å². The van der Waals surface area contributed by atoms with Gasteiger partial charge in [0.25, 0.3) is 5.91 Å². The lowest BCUT2D eigenvalue weighted by atomic mass is 10.1. The zero-order valence-electron chi connectivity index (χ0n) is 13.0. The van der Waals surface area contributed by atoms with Crippen molar-refractivity contribution in [1.29, 1.82) is 0 Å². The predicted octanol–water partition coefficient (Wildman–Crippen LogP) is 2.50. The van der Waals surface area contributed by atoms with Crippen LogP contribution < -0.4 is 5.32 Å². The Kier molecular flexibility index (Phi) is 6.83. The van der Waals surface area contributed by atoms with Crippen molar-refractivity contribution in [1.82, 2.24) is 4.90 Å². The van der Waals surface area contributed by atoms with Gasteiger partial charge in [0.05, 0.1) is 17.6 Å². The summed E-state index contributed by atoms with van der Waals surface area (Å²) in [4.78, 5) is 37.8. The van der Waals surface area contributed by atoms with Gasteiger partial charge in [-0.2, -0.15) is 0 Å². The number of ether oxygens (including phenoxy) is 1. The highest BCUT2D eigenvalue weighted by atomic mass is 35.5. The molecule has 0 unspecified atom stereocenters. The summed E-state index contributed by atoms with van der Waals surface area (Å²) in [6, 6.07) is 0. The first-order valence-corrected chi connectivity index (χ1v) is 7.97. The molecule has 0 radical (unpaired) electrons. The second kappa shape index (κ2) is 8.14. The van der Waals surface area contributed by atoms with Crippen LogP contribution in [-0.2, 0) is 9.53 Å². The highest BCUT2D eigenvalue weighted by Gasteiger charge is 2.26. The Labute approximate surface area is 138 Å². The largest absolute Gasteiger partial charge is 0.465 e. The van der Waals surface area contributed by atoms with Crippen LogP contribution in [0.3, 0.4) is 0 Å². The van der Waals surface area contributed by atoms with E-state index in [9.17, 15) is 14.4 Å². The lowest BCUT2D eigenvalue weighted by molar-refractivity contribution is -0.116. The van der Waals surface area contributed by atoms with Crippen LogP contribution in [0.25, 0.3) is 0 Å². The number of rotatable bonds is 6. The second-order valence-electron chi connectivity index (χ2n) is 4.79. The molecule has 122 valence electrons. The molecule has 1 rings (SSSR count). The summed E-state index contributed by atoms with van der Waals surface area (Å²) >= 11 is 6.63. The van der Waals surface area contributed by atoms with Crippen LogP contribution in [-0.4, -0.2) is 49.8 Å². The van der Waals surface area contributed by atoms with Gasteiger partial charge in [0.15, 0.2) is 0 Å². The van der Waals surface area contributed by atoms with E-state index in [4.69, 9.17) is 16.3 Å². The summed E-state index contributed by atoms with van der Waals surface area (Å²) in [5.41, 5.74) is 0.722. The maximum absolute atomic E-state index is 12.2. The fourth-order valence-electron chi connectivity index (χ4n) is 1.77. The molecule has 1 aromatic heterocycles. The molecule has 1 heterocycles. The summed E-state index contributed by atoms with van der Waals surface area (Å²) in [5, 5.41) is 2.99. The molecule has 1 aromatic rings. The van der Waals surface area contributed by atoms with Crippen LogP contribution >= 0.6 is 22.9 Å². The average Bonchev–Trinajstić information content (AvgIpc) is 2.79. The second-order valence-corrected chi connectivity index (χ2v) is 6.19. The van der Waals surface area contributed by atoms with Crippen molar-refractivity contribution in [3.63, 3.8) is 0 Å². The van der Waals surface area contributed by atoms with E-state index in [1.165, 1.54) is 12.0 Å². The number of nitrogens with one attached hydrogen (secondary N) is 1. The average molecular weight is 347 g/mol. The van der Waals surface area contributed by atoms with E-state index in [0.29, 0.717) is 27.7 Å². The number of carbonyl (C=O) groups is 3. The van der Waals surface area contributed by atoms with Crippen LogP contribution in [0, 0.1) is 6.92 Å². The Morgan fingerprint density at radius 2 is 1.95 bits per heavy atom. The minimum atomic E-state index is -0.584. The third kappa shape index (κ3) is 4.20. The minimum absolute atomic E-state index is 0.219. The first kappa shape index (κ1) is 18.4. The Morgan fingerprint density at radius 1 is 1.32 bits per heavy atom. The summed E-state index contributed by atoms with van der Waals surface area (Å²) in [6.45, 7) is 1.66. The molecular weight excluding hydrogens is 328 g/mol. The van der Waals surface area contributed by atoms with E-state index in [0.717, 1.165) is 11.3 Å². The lowest BCUT2D eigenvalue weighted by Gasteiger charge is -2.08. The molecule has 6 nitrogen and oxygen atoms in total. The quantitative estimate of drug-likeness (QED) is 0.634. The van der Waals surface area contributed by atoms with Crippen molar-refractivity contribution in [2.75, 3.05) is 32.4 Å². The topological polar surface area (TPSA) is 75.7 Å². The zero-order valence-corrected chi connectivity index (χ0v) is 14.6. The van der Waals surface area contributed by atoms with Crippen LogP contribution in [0.4, 0.5) is 5.00 Å². The van der Waals surface area contributed by atoms with Crippen LogP contribution in [0.1, 0.15) is 38.4 Å². The van der Waals surface area contributed by atoms with E-state index in [2.05, 4.69) is 5.32 Å². The summed E-state index contributed by atoms with van der Waals surface area (Å²) in [6.07, 6.45) is 0.785. The van der Waals surface area contributed by atoms with E-state index in [1.807, 2.05) is 0 Å². The maximum atomic E-state index is 12.2. The molecule has 22 heavy (non-hydrogen) atoms. The van der Waals surface area contributed by atoms with Crippen LogP contribution in [0.15, 0.2) is 0 Å². The lowest BCUT2D eigenvalue weighted by Crippen LogP contribution is -2.21. The first-order chi connectivity index (χ1) is 10.3. The Hall–Kier alpha value is -1.60. The maximum Gasteiger partial charge on any atom is 0.341 e. The van der Waals surface area contributed by atoms with Gasteiger partial charge < -0.3 is 15.0 Å². The van der Waals surface area contributed by atoms with Crippen molar-refractivity contribution in [3.8, 4) is 0 Å². The third-order valence-electron chi connectivity index (χ3n) is 2.93. The van der Waals surface area contributed by atoms with E-state index >= 15 is 0 Å². The molecule has 0 aromatic carbocycles. The molecule has 0 saturated carbocycles. The number of anilines is 1. The van der Waals surface area contributed by atoms with Gasteiger partial charge in [0.2, 0.25) is 5.91 Å². The Balaban J connectivity index is 3.19. The van der Waals surface area contributed by atoms with Gasteiger partial charge in [0.1, 0.15) is 5.00 Å². The van der Waals surface area contributed by atoms with Crippen molar-refractivity contribution < 1.29 is 19.1 Å². The van der Waals surface area contributed by atoms with Crippen molar-refractivity contribution >= 4 is 45.7 Å². The molecule has 0 saturated heterocycles. The highest BCUT2D eigenvalue weighted by Crippen LogP contribution is 2.34. The zero-order chi connectivity index (χ0) is 16.9. The smallest absolute Gasteiger partial charge is 0.341 e. The molecule has 0 spiro atoms. The number of hydrogen-bond donors (Lipinski definition) is 1. The Morgan fingerprint density at radius 3 is 2.45 bits per heavy atom. The third-order valence-corrected chi connectivity index (χ3v) is 4.39. The molecule has 0 atom stereocenters. The van der Waals surface area contributed by atoms with Gasteiger partial charge in [-0.15, -0.1) is 22.9 Å². The molecule has 2 amide bonds. The van der Waals surface area contributed by atoms with Gasteiger partial charge in [-0.1, -0.05) is 0 Å². The normalized spacial score (nSPS) is 10.2. The number of thiophene rings is 1. The number of carbonyl (C=O) groups excluding carboxylic acids is 3. The number of hydrogen-bond acceptors (Lipinski definition) is 5. The number of halogens is 1. The van der Waals surface area contributed by atoms with Gasteiger partial charge in [-0.05, 0) is 18.9 Å². The van der Waals surface area contributed by atoms with Crippen molar-refractivity contribution in [2.45, 2.75) is 19.8 Å². The summed E-state index contributed by atoms with van der Waals surface area (Å²) < 4.78 is 4.74. The molecule has 0 aliphatic rings. The summed E-state index contributed by atoms with van der Waals surface area (Å²) in [5.74, 6) is -0.686. The predicted molar refractivity (Wildman–Crippen MR) is 87.0 cm³/mol. The number of amides is 2. The fraction of sp³-hybridized carbons (Fsp3) is 0.500. The van der Waals surface area contributed by atoms with Gasteiger partial charge in [0, 0.05) is 26.4 Å². The molecule has 1 N–H and O–H groups in total. The summed E-state index contributed by atoms with van der Waals surface area (Å²) in [7, 11) is 4.50. The Bertz CT molecular complexity index is 584. The molecular formula is C14H19ClN2O4S. The number of nitrogens with zero attached hydrogens (tertiary/aromatic N) is 1. The molecule has 8 heteroatoms. The van der Waals surface area contributed by atoms with Crippen LogP contribution in [0.5, 0.6) is 0 Å². The molecule has 0 aliphatic heterocycles. The van der Waals surface area contributed by atoms with E-state index in [-0.39, 0.29) is 23.8 Å². The monoisotopic (exact) mass is 346 g/mol. The number of methoxy groups -OCH3 is 1. The first-order valence-electron chi connectivity index (χ1n) is 6.62. The molecule has 0 aliphatic carbocycles. The minimum Gasteiger partial charge on any atom is -0.465 e. The van der Waals surface area contributed by atoms with Gasteiger partial charge >= 0.3 is 5.97 Å². The van der Waals surface area contributed by atoms with Crippen molar-refractivity contribution in [2.24, 2.45) is 0 Å². The van der Waals surface area contributed by atoms with Gasteiger partial charge in [-0.25, -0.2) is 4.79 Å². The standard InChI is InChI=1S/C14H19ClN2O4S/c1-8-10(14(20)21-4)12(16-9(18)6-5-7-15)22-11(8)13(19)17(2)3/h5-7H2,1-4H3,(H,16,18). The number of esters is 1. The van der Waals surface area contributed by atoms with Crippen LogP contribution in [0.2, 0.25) is 0 Å². The number of alkyl halides is 1. The highest BCUT2D eigenvalue weighted by molar-refractivity contribution is 7.18. The fourth-order valence-corrected chi connectivity index (χ4v) is 3.14. The van der Waals surface area contributed by atoms with E-state index < -0.39 is 5.97 Å². The van der Waals surface area contributed by atoms with E-state index in [1.54, 1.807) is 21.0 Å². The molecule has 0 bridgehead atoms. The van der Waals surface area contributed by atoms with Gasteiger partial charge in [-0.3, -0.25) is 9.59 Å².